The molecule has 0 aliphatic heterocycles. The average molecular weight is 355 g/mol. The summed E-state index contributed by atoms with van der Waals surface area (Å²) in [5, 5.41) is 4.78. The number of fused-ring (bicyclic) bond motifs is 1. The largest absolute Gasteiger partial charge is 0.387 e. The van der Waals surface area contributed by atoms with Gasteiger partial charge < -0.3 is 5.32 Å². The fourth-order valence-electron chi connectivity index (χ4n) is 3.50. The number of aromatic nitrogens is 2. The molecule has 1 N–H and O–H groups in total. The summed E-state index contributed by atoms with van der Waals surface area (Å²) in [6.07, 6.45) is 4.35. The Hall–Kier alpha value is -3.40. The summed E-state index contributed by atoms with van der Waals surface area (Å²) in [5.74, 6) is 0. The van der Waals surface area contributed by atoms with Crippen molar-refractivity contribution in [2.45, 2.75) is 13.3 Å². The van der Waals surface area contributed by atoms with Crippen molar-refractivity contribution in [1.29, 1.82) is 0 Å². The number of hydrogen-bond acceptors (Lipinski definition) is 3. The van der Waals surface area contributed by atoms with E-state index in [4.69, 9.17) is 0 Å². The molecule has 0 fully saturated rings. The lowest BCUT2D eigenvalue weighted by Gasteiger charge is -2.15. The van der Waals surface area contributed by atoms with E-state index in [0.717, 1.165) is 40.0 Å². The number of para-hydroxylation sites is 1. The van der Waals surface area contributed by atoms with Crippen LogP contribution in [-0.2, 0) is 6.42 Å². The molecule has 0 unspecified atom stereocenters. The Kier molecular flexibility index (Phi) is 4.47. The van der Waals surface area contributed by atoms with Crippen molar-refractivity contribution in [3.05, 3.63) is 89.1 Å². The van der Waals surface area contributed by atoms with Gasteiger partial charge >= 0.3 is 0 Å². The highest BCUT2D eigenvalue weighted by molar-refractivity contribution is 5.96. The number of benzene rings is 2. The van der Waals surface area contributed by atoms with Crippen molar-refractivity contribution in [2.75, 3.05) is 12.4 Å². The second kappa shape index (κ2) is 7.08. The van der Waals surface area contributed by atoms with E-state index >= 15 is 0 Å². The van der Waals surface area contributed by atoms with E-state index < -0.39 is 0 Å². The molecular formula is C23H21N3O. The molecule has 0 saturated heterocycles. The molecule has 4 nitrogen and oxygen atoms in total. The molecule has 0 aliphatic carbocycles. The van der Waals surface area contributed by atoms with E-state index in [9.17, 15) is 4.79 Å². The van der Waals surface area contributed by atoms with E-state index in [2.05, 4.69) is 23.3 Å². The standard InChI is InChI=1S/C23H21N3O/c1-3-19-13-16-8-7-11-21(17-12-18(24-2)15-25-14-17)22(16)23(27)26(19)20-9-5-4-6-10-20/h4-15,24H,3H2,1-2H3. The second-order valence-electron chi connectivity index (χ2n) is 6.45. The molecule has 4 heteroatoms. The summed E-state index contributed by atoms with van der Waals surface area (Å²) >= 11 is 0. The van der Waals surface area contributed by atoms with Crippen LogP contribution in [-0.4, -0.2) is 16.6 Å². The Morgan fingerprint density at radius 2 is 1.81 bits per heavy atom. The first kappa shape index (κ1) is 17.0. The Morgan fingerprint density at radius 1 is 1.00 bits per heavy atom. The van der Waals surface area contributed by atoms with Gasteiger partial charge in [-0.1, -0.05) is 43.3 Å². The summed E-state index contributed by atoms with van der Waals surface area (Å²) in [4.78, 5) is 17.9. The fraction of sp³-hybridized carbons (Fsp3) is 0.130. The van der Waals surface area contributed by atoms with Gasteiger partial charge in [-0.25, -0.2) is 0 Å². The highest BCUT2D eigenvalue weighted by atomic mass is 16.1. The van der Waals surface area contributed by atoms with E-state index in [1.165, 1.54) is 0 Å². The number of nitrogens with zero attached hydrogens (tertiary/aromatic N) is 2. The van der Waals surface area contributed by atoms with Crippen LogP contribution in [0.25, 0.3) is 27.6 Å². The molecule has 2 aromatic heterocycles. The zero-order chi connectivity index (χ0) is 18.8. The van der Waals surface area contributed by atoms with Crippen molar-refractivity contribution in [1.82, 2.24) is 9.55 Å². The number of aryl methyl sites for hydroxylation is 1. The SMILES string of the molecule is CCc1cc2cccc(-c3cncc(NC)c3)c2c(=O)n1-c1ccccc1. The van der Waals surface area contributed by atoms with Crippen molar-refractivity contribution >= 4 is 16.5 Å². The van der Waals surface area contributed by atoms with Crippen LogP contribution in [0.2, 0.25) is 0 Å². The first-order valence-corrected chi connectivity index (χ1v) is 9.09. The summed E-state index contributed by atoms with van der Waals surface area (Å²) in [6.45, 7) is 2.07. The molecule has 0 atom stereocenters. The zero-order valence-electron chi connectivity index (χ0n) is 15.4. The maximum absolute atomic E-state index is 13.6. The summed E-state index contributed by atoms with van der Waals surface area (Å²) < 4.78 is 1.82. The molecule has 0 aliphatic rings. The molecule has 2 aromatic carbocycles. The Morgan fingerprint density at radius 3 is 2.56 bits per heavy atom. The quantitative estimate of drug-likeness (QED) is 0.579. The van der Waals surface area contributed by atoms with Crippen LogP contribution in [0.4, 0.5) is 5.69 Å². The summed E-state index contributed by atoms with van der Waals surface area (Å²) in [6, 6.07) is 19.9. The molecule has 0 amide bonds. The first-order valence-electron chi connectivity index (χ1n) is 9.09. The normalized spacial score (nSPS) is 10.9. The summed E-state index contributed by atoms with van der Waals surface area (Å²) in [7, 11) is 1.86. The molecule has 2 heterocycles. The van der Waals surface area contributed by atoms with E-state index in [1.807, 2.05) is 66.2 Å². The van der Waals surface area contributed by atoms with Crippen molar-refractivity contribution in [3.63, 3.8) is 0 Å². The lowest BCUT2D eigenvalue weighted by Crippen LogP contribution is -2.22. The van der Waals surface area contributed by atoms with Gasteiger partial charge in [0.2, 0.25) is 0 Å². The third-order valence-corrected chi connectivity index (χ3v) is 4.84. The molecule has 27 heavy (non-hydrogen) atoms. The lowest BCUT2D eigenvalue weighted by molar-refractivity contribution is 0.889. The monoisotopic (exact) mass is 355 g/mol. The van der Waals surface area contributed by atoms with Gasteiger partial charge in [0.05, 0.1) is 11.1 Å². The van der Waals surface area contributed by atoms with Gasteiger partial charge in [-0.3, -0.25) is 14.3 Å². The van der Waals surface area contributed by atoms with Gasteiger partial charge in [-0.05, 0) is 41.6 Å². The average Bonchev–Trinajstić information content (AvgIpc) is 2.73. The third-order valence-electron chi connectivity index (χ3n) is 4.84. The molecule has 0 bridgehead atoms. The van der Waals surface area contributed by atoms with Gasteiger partial charge in [0, 0.05) is 36.4 Å². The molecule has 0 radical (unpaired) electrons. The Labute approximate surface area is 158 Å². The van der Waals surface area contributed by atoms with Crippen molar-refractivity contribution in [3.8, 4) is 16.8 Å². The van der Waals surface area contributed by atoms with Crippen molar-refractivity contribution in [2.24, 2.45) is 0 Å². The van der Waals surface area contributed by atoms with Crippen LogP contribution in [0.5, 0.6) is 0 Å². The van der Waals surface area contributed by atoms with E-state index in [-0.39, 0.29) is 5.56 Å². The highest BCUT2D eigenvalue weighted by Gasteiger charge is 2.14. The van der Waals surface area contributed by atoms with Crippen LogP contribution in [0, 0.1) is 0 Å². The highest BCUT2D eigenvalue weighted by Crippen LogP contribution is 2.28. The number of nitrogens with one attached hydrogen (secondary N) is 1. The van der Waals surface area contributed by atoms with E-state index in [0.29, 0.717) is 5.39 Å². The molecule has 4 rings (SSSR count). The van der Waals surface area contributed by atoms with Gasteiger partial charge in [0.25, 0.3) is 5.56 Å². The van der Waals surface area contributed by atoms with E-state index in [1.54, 1.807) is 12.4 Å². The van der Waals surface area contributed by atoms with Gasteiger partial charge in [-0.2, -0.15) is 0 Å². The Bertz CT molecular complexity index is 1160. The smallest absolute Gasteiger partial charge is 0.263 e. The number of rotatable bonds is 4. The topological polar surface area (TPSA) is 46.9 Å². The Balaban J connectivity index is 2.07. The predicted octanol–water partition coefficient (Wildman–Crippen LogP) is 4.66. The zero-order valence-corrected chi connectivity index (χ0v) is 15.4. The van der Waals surface area contributed by atoms with Gasteiger partial charge in [-0.15, -0.1) is 0 Å². The van der Waals surface area contributed by atoms with Gasteiger partial charge in [0.15, 0.2) is 0 Å². The van der Waals surface area contributed by atoms with Crippen LogP contribution < -0.4 is 10.9 Å². The fourth-order valence-corrected chi connectivity index (χ4v) is 3.50. The first-order chi connectivity index (χ1) is 13.2. The third kappa shape index (κ3) is 2.99. The minimum Gasteiger partial charge on any atom is -0.387 e. The van der Waals surface area contributed by atoms with Gasteiger partial charge in [0.1, 0.15) is 0 Å². The second-order valence-corrected chi connectivity index (χ2v) is 6.45. The number of anilines is 1. The van der Waals surface area contributed by atoms with Crippen LogP contribution >= 0.6 is 0 Å². The van der Waals surface area contributed by atoms with Crippen molar-refractivity contribution < 1.29 is 0 Å². The van der Waals surface area contributed by atoms with Crippen LogP contribution in [0.15, 0.2) is 77.9 Å². The van der Waals surface area contributed by atoms with Crippen LogP contribution in [0.3, 0.4) is 0 Å². The summed E-state index contributed by atoms with van der Waals surface area (Å²) in [5.41, 5.74) is 4.62. The number of hydrogen-bond donors (Lipinski definition) is 1. The minimum atomic E-state index is 0.000936. The molecule has 0 spiro atoms. The molecule has 134 valence electrons. The maximum atomic E-state index is 13.6. The molecular weight excluding hydrogens is 334 g/mol. The predicted molar refractivity (Wildman–Crippen MR) is 112 cm³/mol. The van der Waals surface area contributed by atoms with Crippen LogP contribution in [0.1, 0.15) is 12.6 Å². The molecule has 0 saturated carbocycles. The minimum absolute atomic E-state index is 0.000936. The maximum Gasteiger partial charge on any atom is 0.263 e. The number of pyridine rings is 2. The molecule has 4 aromatic rings. The lowest BCUT2D eigenvalue weighted by atomic mass is 9.99.